The highest BCUT2D eigenvalue weighted by atomic mass is 16.5. The first kappa shape index (κ1) is 22.3. The number of methoxy groups -OCH3 is 1. The van der Waals surface area contributed by atoms with Crippen LogP contribution in [-0.4, -0.2) is 43.9 Å². The number of amides is 2. The summed E-state index contributed by atoms with van der Waals surface area (Å²) in [6, 6.07) is 19.0. The van der Waals surface area contributed by atoms with Crippen LogP contribution >= 0.6 is 0 Å². The van der Waals surface area contributed by atoms with E-state index in [0.29, 0.717) is 19.1 Å². The molecule has 2 aromatic rings. The zero-order valence-corrected chi connectivity index (χ0v) is 17.2. The molecule has 2 N–H and O–H groups in total. The summed E-state index contributed by atoms with van der Waals surface area (Å²) < 4.78 is 9.33. The van der Waals surface area contributed by atoms with Gasteiger partial charge in [0.2, 0.25) is 0 Å². The normalized spacial score (nSPS) is 15.7. The molecule has 0 spiro atoms. The van der Waals surface area contributed by atoms with Crippen LogP contribution in [0.25, 0.3) is 11.1 Å². The van der Waals surface area contributed by atoms with E-state index in [-0.39, 0.29) is 6.09 Å². The summed E-state index contributed by atoms with van der Waals surface area (Å²) in [5.41, 5.74) is 8.74. The minimum Gasteiger partial charge on any atom is -0.453 e. The van der Waals surface area contributed by atoms with Crippen LogP contribution in [0.2, 0.25) is 0 Å². The van der Waals surface area contributed by atoms with Gasteiger partial charge >= 0.3 is 12.2 Å². The number of nitrogens with two attached hydrogens (primary N) is 1. The lowest BCUT2D eigenvalue weighted by molar-refractivity contribution is 0.0925. The van der Waals surface area contributed by atoms with Gasteiger partial charge in [-0.05, 0) is 43.2 Å². The van der Waals surface area contributed by atoms with Crippen LogP contribution in [0.1, 0.15) is 24.8 Å². The summed E-state index contributed by atoms with van der Waals surface area (Å²) in [5, 5.41) is 0. The summed E-state index contributed by atoms with van der Waals surface area (Å²) >= 11 is 0. The van der Waals surface area contributed by atoms with Crippen molar-refractivity contribution >= 4 is 12.2 Å². The minimum absolute atomic E-state index is 0.291. The van der Waals surface area contributed by atoms with Crippen molar-refractivity contribution in [2.45, 2.75) is 26.2 Å². The number of carbonyl (C=O) groups excluding carboxylic acids is 2. The van der Waals surface area contributed by atoms with Crippen molar-refractivity contribution in [2.75, 3.05) is 26.8 Å². The molecule has 1 heterocycles. The van der Waals surface area contributed by atoms with Gasteiger partial charge < -0.3 is 20.1 Å². The Morgan fingerprint density at radius 3 is 2.48 bits per heavy atom. The number of ether oxygens (including phenoxy) is 2. The topological polar surface area (TPSA) is 81.9 Å². The molecule has 0 radical (unpaired) electrons. The quantitative estimate of drug-likeness (QED) is 0.815. The molecule has 3 rings (SSSR count). The number of carbonyl (C=O) groups is 2. The molecule has 1 aliphatic heterocycles. The largest absolute Gasteiger partial charge is 0.453 e. The van der Waals surface area contributed by atoms with E-state index in [4.69, 9.17) is 5.73 Å². The predicted octanol–water partition coefficient (Wildman–Crippen LogP) is 4.61. The second-order valence-electron chi connectivity index (χ2n) is 7.12. The number of primary amides is 1. The third kappa shape index (κ3) is 7.86. The van der Waals surface area contributed by atoms with Gasteiger partial charge in [0.25, 0.3) is 0 Å². The number of piperidine rings is 1. The van der Waals surface area contributed by atoms with E-state index < -0.39 is 6.09 Å². The standard InChI is InChI=1S/C13H12.C10H18N2O4/c1-11-6-5-9-13(10-11)12-7-3-2-4-8-12;1-15-10(14)12-5-2-3-8(7-12)4-6-16-9(11)13/h2-10H,1H3;8H,2-7H2,1H3,(H2,11,13). The van der Waals surface area contributed by atoms with Crippen molar-refractivity contribution in [1.82, 2.24) is 4.90 Å². The third-order valence-electron chi connectivity index (χ3n) is 4.85. The van der Waals surface area contributed by atoms with Crippen LogP contribution in [0.15, 0.2) is 54.6 Å². The van der Waals surface area contributed by atoms with Crippen molar-refractivity contribution in [3.8, 4) is 11.1 Å². The summed E-state index contributed by atoms with van der Waals surface area (Å²) in [7, 11) is 1.38. The predicted molar refractivity (Wildman–Crippen MR) is 113 cm³/mol. The number of hydrogen-bond donors (Lipinski definition) is 1. The second-order valence-corrected chi connectivity index (χ2v) is 7.12. The Hall–Kier alpha value is -3.02. The van der Waals surface area contributed by atoms with Crippen molar-refractivity contribution in [2.24, 2.45) is 11.7 Å². The second kappa shape index (κ2) is 11.7. The summed E-state index contributed by atoms with van der Waals surface area (Å²) in [6.07, 6.45) is 1.68. The molecule has 0 aromatic heterocycles. The van der Waals surface area contributed by atoms with Gasteiger partial charge in [0.15, 0.2) is 0 Å². The van der Waals surface area contributed by atoms with Gasteiger partial charge in [-0.1, -0.05) is 60.2 Å². The molecule has 1 saturated heterocycles. The van der Waals surface area contributed by atoms with Gasteiger partial charge in [-0.2, -0.15) is 0 Å². The molecular formula is C23H30N2O4. The van der Waals surface area contributed by atoms with Gasteiger partial charge in [-0.3, -0.25) is 0 Å². The molecular weight excluding hydrogens is 368 g/mol. The van der Waals surface area contributed by atoms with Crippen molar-refractivity contribution in [3.63, 3.8) is 0 Å². The Balaban J connectivity index is 0.000000211. The molecule has 1 unspecified atom stereocenters. The lowest BCUT2D eigenvalue weighted by Crippen LogP contribution is -2.40. The molecule has 1 fully saturated rings. The minimum atomic E-state index is -0.749. The van der Waals surface area contributed by atoms with Crippen LogP contribution in [0.5, 0.6) is 0 Å². The summed E-state index contributed by atoms with van der Waals surface area (Å²) in [6.45, 7) is 3.83. The Morgan fingerprint density at radius 2 is 1.83 bits per heavy atom. The lowest BCUT2D eigenvalue weighted by Gasteiger charge is -2.31. The molecule has 2 aromatic carbocycles. The smallest absolute Gasteiger partial charge is 0.409 e. The molecule has 1 aliphatic rings. The van der Waals surface area contributed by atoms with Gasteiger partial charge in [0.05, 0.1) is 13.7 Å². The van der Waals surface area contributed by atoms with Crippen LogP contribution < -0.4 is 5.73 Å². The zero-order valence-electron chi connectivity index (χ0n) is 17.2. The number of aryl methyl sites for hydroxylation is 1. The van der Waals surface area contributed by atoms with E-state index >= 15 is 0 Å². The molecule has 0 aliphatic carbocycles. The monoisotopic (exact) mass is 398 g/mol. The molecule has 0 bridgehead atoms. The highest BCUT2D eigenvalue weighted by Gasteiger charge is 2.23. The van der Waals surface area contributed by atoms with E-state index in [1.807, 2.05) is 6.07 Å². The SMILES string of the molecule is COC(=O)N1CCCC(CCOC(N)=O)C1.Cc1cccc(-c2ccccc2)c1. The molecule has 6 nitrogen and oxygen atoms in total. The fraction of sp³-hybridized carbons (Fsp3) is 0.391. The Morgan fingerprint density at radius 1 is 1.10 bits per heavy atom. The zero-order chi connectivity index (χ0) is 21.1. The molecule has 6 heteroatoms. The molecule has 156 valence electrons. The maximum atomic E-state index is 11.3. The van der Waals surface area contributed by atoms with E-state index in [1.54, 1.807) is 4.90 Å². The number of benzene rings is 2. The van der Waals surface area contributed by atoms with Gasteiger partial charge in [0.1, 0.15) is 0 Å². The molecule has 0 saturated carbocycles. The van der Waals surface area contributed by atoms with Crippen molar-refractivity contribution in [1.29, 1.82) is 0 Å². The third-order valence-corrected chi connectivity index (χ3v) is 4.85. The highest BCUT2D eigenvalue weighted by molar-refractivity contribution is 5.67. The maximum absolute atomic E-state index is 11.3. The summed E-state index contributed by atoms with van der Waals surface area (Å²) in [5.74, 6) is 0.354. The number of hydrogen-bond acceptors (Lipinski definition) is 4. The highest BCUT2D eigenvalue weighted by Crippen LogP contribution is 2.20. The Labute approximate surface area is 172 Å². The van der Waals surface area contributed by atoms with Crippen LogP contribution in [0.4, 0.5) is 9.59 Å². The van der Waals surface area contributed by atoms with Gasteiger partial charge in [0, 0.05) is 13.1 Å². The Kier molecular flexibility index (Phi) is 9.02. The maximum Gasteiger partial charge on any atom is 0.409 e. The van der Waals surface area contributed by atoms with Crippen LogP contribution in [0.3, 0.4) is 0 Å². The summed E-state index contributed by atoms with van der Waals surface area (Å²) in [4.78, 5) is 23.3. The van der Waals surface area contributed by atoms with E-state index in [0.717, 1.165) is 25.8 Å². The number of likely N-dealkylation sites (tertiary alicyclic amines) is 1. The Bertz CT molecular complexity index is 779. The first-order valence-corrected chi connectivity index (χ1v) is 9.86. The average Bonchev–Trinajstić information content (AvgIpc) is 2.74. The first-order chi connectivity index (χ1) is 14.0. The van der Waals surface area contributed by atoms with Gasteiger partial charge in [-0.25, -0.2) is 9.59 Å². The van der Waals surface area contributed by atoms with E-state index in [1.165, 1.54) is 23.8 Å². The van der Waals surface area contributed by atoms with Crippen LogP contribution in [0, 0.1) is 12.8 Å². The lowest BCUT2D eigenvalue weighted by atomic mass is 9.95. The molecule has 29 heavy (non-hydrogen) atoms. The van der Waals surface area contributed by atoms with Gasteiger partial charge in [-0.15, -0.1) is 0 Å². The average molecular weight is 399 g/mol. The van der Waals surface area contributed by atoms with Crippen molar-refractivity contribution < 1.29 is 19.1 Å². The fourth-order valence-corrected chi connectivity index (χ4v) is 3.38. The molecule has 1 atom stereocenters. The van der Waals surface area contributed by atoms with E-state index in [9.17, 15) is 9.59 Å². The number of nitrogens with zero attached hydrogens (tertiary/aromatic N) is 1. The van der Waals surface area contributed by atoms with Crippen LogP contribution in [-0.2, 0) is 9.47 Å². The van der Waals surface area contributed by atoms with Crippen molar-refractivity contribution in [3.05, 3.63) is 60.2 Å². The molecule has 2 amide bonds. The first-order valence-electron chi connectivity index (χ1n) is 9.86. The number of rotatable bonds is 4. The van der Waals surface area contributed by atoms with E-state index in [2.05, 4.69) is 64.9 Å². The fourth-order valence-electron chi connectivity index (χ4n) is 3.38.